The lowest BCUT2D eigenvalue weighted by Crippen LogP contribution is -1.89. The Kier molecular flexibility index (Phi) is 5.67. The monoisotopic (exact) mass is 308 g/mol. The Balaban J connectivity index is 1.80. The molecule has 0 saturated carbocycles. The van der Waals surface area contributed by atoms with E-state index in [-0.39, 0.29) is 5.12 Å². The van der Waals surface area contributed by atoms with Gasteiger partial charge in [0.15, 0.2) is 0 Å². The summed E-state index contributed by atoms with van der Waals surface area (Å²) in [5.74, 6) is 0.838. The first-order valence-corrected chi connectivity index (χ1v) is 8.87. The quantitative estimate of drug-likeness (QED) is 0.699. The molecule has 1 atom stereocenters. The standard InChI is InChI=1S/C15H16OS3/c1-3-14(16)17-9-8-13-10-18-15(19-13)12-6-4-11(2)5-7-12/h3-7,10,15H,1,8-9H2,2H3. The lowest BCUT2D eigenvalue weighted by Gasteiger charge is -2.09. The molecule has 0 N–H and O–H groups in total. The first kappa shape index (κ1) is 14.8. The number of benzene rings is 1. The molecule has 0 aromatic heterocycles. The maximum atomic E-state index is 11.1. The van der Waals surface area contributed by atoms with E-state index in [4.69, 9.17) is 0 Å². The Hall–Kier alpha value is -0.580. The van der Waals surface area contributed by atoms with Crippen molar-refractivity contribution in [3.63, 3.8) is 0 Å². The number of rotatable bonds is 5. The molecule has 0 bridgehead atoms. The van der Waals surface area contributed by atoms with Crippen LogP contribution >= 0.6 is 35.3 Å². The largest absolute Gasteiger partial charge is 0.282 e. The number of carbonyl (C=O) groups excluding carboxylic acids is 1. The van der Waals surface area contributed by atoms with Crippen molar-refractivity contribution in [2.45, 2.75) is 17.9 Å². The first-order chi connectivity index (χ1) is 9.19. The van der Waals surface area contributed by atoms with Crippen LogP contribution in [0, 0.1) is 6.92 Å². The van der Waals surface area contributed by atoms with Crippen LogP contribution in [0.5, 0.6) is 0 Å². The summed E-state index contributed by atoms with van der Waals surface area (Å²) in [5.41, 5.74) is 2.66. The minimum Gasteiger partial charge on any atom is -0.282 e. The number of hydrogen-bond acceptors (Lipinski definition) is 4. The van der Waals surface area contributed by atoms with Crippen LogP contribution in [0.2, 0.25) is 0 Å². The Bertz CT molecular complexity index is 491. The highest BCUT2D eigenvalue weighted by Gasteiger charge is 2.20. The molecule has 100 valence electrons. The smallest absolute Gasteiger partial charge is 0.211 e. The van der Waals surface area contributed by atoms with Gasteiger partial charge < -0.3 is 0 Å². The van der Waals surface area contributed by atoms with Crippen molar-refractivity contribution in [2.24, 2.45) is 0 Å². The van der Waals surface area contributed by atoms with Gasteiger partial charge in [-0.1, -0.05) is 48.2 Å². The zero-order chi connectivity index (χ0) is 13.7. The average Bonchev–Trinajstić information content (AvgIpc) is 2.88. The van der Waals surface area contributed by atoms with Crippen LogP contribution < -0.4 is 0 Å². The normalized spacial score (nSPS) is 18.2. The van der Waals surface area contributed by atoms with Gasteiger partial charge in [-0.25, -0.2) is 0 Å². The van der Waals surface area contributed by atoms with Gasteiger partial charge in [0, 0.05) is 5.75 Å². The summed E-state index contributed by atoms with van der Waals surface area (Å²) < 4.78 is 0.468. The molecule has 0 fully saturated rings. The van der Waals surface area contributed by atoms with Crippen molar-refractivity contribution < 1.29 is 4.79 Å². The molecule has 0 radical (unpaired) electrons. The van der Waals surface area contributed by atoms with Crippen molar-refractivity contribution in [1.82, 2.24) is 0 Å². The first-order valence-electron chi connectivity index (χ1n) is 6.06. The summed E-state index contributed by atoms with van der Waals surface area (Å²) in [6.45, 7) is 5.58. The van der Waals surface area contributed by atoms with E-state index in [9.17, 15) is 4.79 Å². The Morgan fingerprint density at radius 2 is 2.16 bits per heavy atom. The molecule has 1 heterocycles. The van der Waals surface area contributed by atoms with E-state index in [1.165, 1.54) is 33.9 Å². The third-order valence-corrected chi connectivity index (χ3v) is 6.37. The molecule has 1 unspecified atom stereocenters. The second-order valence-electron chi connectivity index (χ2n) is 4.20. The van der Waals surface area contributed by atoms with Crippen LogP contribution in [0.25, 0.3) is 0 Å². The van der Waals surface area contributed by atoms with Gasteiger partial charge in [0.2, 0.25) is 5.12 Å². The molecule has 1 aliphatic rings. The van der Waals surface area contributed by atoms with Crippen molar-refractivity contribution in [1.29, 1.82) is 0 Å². The van der Waals surface area contributed by atoms with Gasteiger partial charge in [-0.3, -0.25) is 4.79 Å². The van der Waals surface area contributed by atoms with Crippen LogP contribution in [0.4, 0.5) is 0 Å². The molecule has 1 aromatic rings. The van der Waals surface area contributed by atoms with Gasteiger partial charge in [-0.2, -0.15) is 0 Å². The number of carbonyl (C=O) groups is 1. The molecular formula is C15H16OS3. The third-order valence-electron chi connectivity index (χ3n) is 2.69. The van der Waals surface area contributed by atoms with Crippen LogP contribution in [-0.4, -0.2) is 10.9 Å². The molecule has 0 amide bonds. The van der Waals surface area contributed by atoms with E-state index in [2.05, 4.69) is 43.2 Å². The second-order valence-corrected chi connectivity index (χ2v) is 7.81. The summed E-state index contributed by atoms with van der Waals surface area (Å²) in [4.78, 5) is 12.5. The van der Waals surface area contributed by atoms with Crippen molar-refractivity contribution in [2.75, 3.05) is 5.75 Å². The summed E-state index contributed by atoms with van der Waals surface area (Å²) in [6, 6.07) is 8.72. The molecule has 1 nitrogen and oxygen atoms in total. The van der Waals surface area contributed by atoms with Crippen LogP contribution in [0.15, 0.2) is 47.2 Å². The average molecular weight is 308 g/mol. The number of aryl methyl sites for hydroxylation is 1. The van der Waals surface area contributed by atoms with E-state index in [1.807, 2.05) is 23.5 Å². The van der Waals surface area contributed by atoms with E-state index < -0.39 is 0 Å². The Labute approximate surface area is 127 Å². The molecule has 4 heteroatoms. The van der Waals surface area contributed by atoms with E-state index >= 15 is 0 Å². The number of thioether (sulfide) groups is 3. The second kappa shape index (κ2) is 7.27. The van der Waals surface area contributed by atoms with E-state index in [1.54, 1.807) is 0 Å². The molecular weight excluding hydrogens is 292 g/mol. The Morgan fingerprint density at radius 3 is 2.84 bits per heavy atom. The van der Waals surface area contributed by atoms with Crippen molar-refractivity contribution in [3.8, 4) is 0 Å². The van der Waals surface area contributed by atoms with Crippen LogP contribution in [-0.2, 0) is 4.79 Å². The third kappa shape index (κ3) is 4.48. The molecule has 19 heavy (non-hydrogen) atoms. The van der Waals surface area contributed by atoms with Crippen molar-refractivity contribution >= 4 is 40.4 Å². The van der Waals surface area contributed by atoms with Gasteiger partial charge in [-0.15, -0.1) is 23.5 Å². The fourth-order valence-corrected chi connectivity index (χ4v) is 5.04. The van der Waals surface area contributed by atoms with E-state index in [0.29, 0.717) is 4.58 Å². The molecule has 2 rings (SSSR count). The lowest BCUT2D eigenvalue weighted by atomic mass is 10.2. The molecule has 0 aliphatic carbocycles. The molecule has 0 spiro atoms. The number of allylic oxidation sites excluding steroid dienone is 1. The summed E-state index contributed by atoms with van der Waals surface area (Å²) in [7, 11) is 0. The minimum absolute atomic E-state index is 0.0614. The topological polar surface area (TPSA) is 17.1 Å². The zero-order valence-corrected chi connectivity index (χ0v) is 13.2. The van der Waals surface area contributed by atoms with Gasteiger partial charge in [0.05, 0.1) is 4.58 Å². The van der Waals surface area contributed by atoms with Crippen molar-refractivity contribution in [3.05, 3.63) is 58.4 Å². The predicted molar refractivity (Wildman–Crippen MR) is 89.5 cm³/mol. The lowest BCUT2D eigenvalue weighted by molar-refractivity contribution is -0.107. The van der Waals surface area contributed by atoms with Gasteiger partial charge in [-0.05, 0) is 35.3 Å². The highest BCUT2D eigenvalue weighted by Crippen LogP contribution is 2.51. The van der Waals surface area contributed by atoms with Gasteiger partial charge >= 0.3 is 0 Å². The fourth-order valence-electron chi connectivity index (χ4n) is 1.63. The predicted octanol–water partition coefficient (Wildman–Crippen LogP) is 5.15. The highest BCUT2D eigenvalue weighted by atomic mass is 32.2. The maximum Gasteiger partial charge on any atom is 0.211 e. The zero-order valence-electron chi connectivity index (χ0n) is 10.8. The molecule has 0 saturated heterocycles. The fraction of sp³-hybridized carbons (Fsp3) is 0.267. The van der Waals surface area contributed by atoms with Gasteiger partial charge in [0.1, 0.15) is 0 Å². The SMILES string of the molecule is C=CC(=O)SCCC1=CSC(c2ccc(C)cc2)S1. The Morgan fingerprint density at radius 1 is 1.42 bits per heavy atom. The number of hydrogen-bond donors (Lipinski definition) is 0. The molecule has 1 aliphatic heterocycles. The molecule has 1 aromatic carbocycles. The highest BCUT2D eigenvalue weighted by molar-refractivity contribution is 8.22. The minimum atomic E-state index is 0.0614. The summed E-state index contributed by atoms with van der Waals surface area (Å²) >= 11 is 5.10. The van der Waals surface area contributed by atoms with Gasteiger partial charge in [0.25, 0.3) is 0 Å². The summed E-state index contributed by atoms with van der Waals surface area (Å²) in [5, 5.41) is 2.29. The van der Waals surface area contributed by atoms with Crippen LogP contribution in [0.1, 0.15) is 22.1 Å². The van der Waals surface area contributed by atoms with Crippen LogP contribution in [0.3, 0.4) is 0 Å². The van der Waals surface area contributed by atoms with E-state index in [0.717, 1.165) is 12.2 Å². The summed E-state index contributed by atoms with van der Waals surface area (Å²) in [6.07, 6.45) is 2.34. The maximum absolute atomic E-state index is 11.1.